The van der Waals surface area contributed by atoms with Crippen molar-refractivity contribution in [3.05, 3.63) is 23.8 Å². The first-order valence-electron chi connectivity index (χ1n) is 6.20. The van der Waals surface area contributed by atoms with Gasteiger partial charge in [0.1, 0.15) is 0 Å². The molecular weight excluding hydrogens is 300 g/mol. The minimum Gasteiger partial charge on any atom is -0.330 e. The van der Waals surface area contributed by atoms with Crippen molar-refractivity contribution in [3.8, 4) is 0 Å². The Labute approximate surface area is 116 Å². The van der Waals surface area contributed by atoms with E-state index in [0.717, 1.165) is 19.3 Å². The largest absolute Gasteiger partial charge is 0.451 e. The van der Waals surface area contributed by atoms with Crippen LogP contribution >= 0.6 is 0 Å². The van der Waals surface area contributed by atoms with Gasteiger partial charge in [-0.15, -0.1) is 0 Å². The molecule has 1 saturated carbocycles. The molecular formula is C12H13F6N3. The molecule has 2 rings (SSSR count). The Bertz CT molecular complexity index is 515. The summed E-state index contributed by atoms with van der Waals surface area (Å²) >= 11 is 0. The number of hydrogen-bond donors (Lipinski definition) is 1. The molecule has 1 fully saturated rings. The van der Waals surface area contributed by atoms with Gasteiger partial charge in [-0.25, -0.2) is 23.1 Å². The molecule has 9 heteroatoms. The third kappa shape index (κ3) is 2.58. The smallest absolute Gasteiger partial charge is 0.330 e. The molecule has 0 bridgehead atoms. The quantitative estimate of drug-likeness (QED) is 0.870. The minimum absolute atomic E-state index is 0.109. The van der Waals surface area contributed by atoms with Gasteiger partial charge in [0.05, 0.1) is 5.92 Å². The predicted molar refractivity (Wildman–Crippen MR) is 61.4 cm³/mol. The summed E-state index contributed by atoms with van der Waals surface area (Å²) < 4.78 is 77.4. The van der Waals surface area contributed by atoms with E-state index in [4.69, 9.17) is 5.73 Å². The summed E-state index contributed by atoms with van der Waals surface area (Å²) in [7, 11) is 0. The van der Waals surface area contributed by atoms with Gasteiger partial charge in [0.2, 0.25) is 5.82 Å². The fraction of sp³-hybridized carbons (Fsp3) is 0.667. The molecule has 2 N–H and O–H groups in total. The van der Waals surface area contributed by atoms with E-state index in [1.165, 1.54) is 0 Å². The second kappa shape index (κ2) is 4.82. The van der Waals surface area contributed by atoms with Gasteiger partial charge >= 0.3 is 6.18 Å². The molecule has 0 radical (unpaired) electrons. The highest BCUT2D eigenvalue weighted by Gasteiger charge is 2.80. The van der Waals surface area contributed by atoms with Crippen molar-refractivity contribution in [2.45, 2.75) is 37.0 Å². The van der Waals surface area contributed by atoms with Crippen LogP contribution in [0, 0.1) is 5.92 Å². The van der Waals surface area contributed by atoms with Gasteiger partial charge in [0, 0.05) is 18.3 Å². The first-order chi connectivity index (χ1) is 9.54. The molecule has 0 spiro atoms. The van der Waals surface area contributed by atoms with Crippen molar-refractivity contribution >= 4 is 0 Å². The molecule has 21 heavy (non-hydrogen) atoms. The predicted octanol–water partition coefficient (Wildman–Crippen LogP) is 2.92. The van der Waals surface area contributed by atoms with Crippen LogP contribution in [0.1, 0.15) is 30.7 Å². The van der Waals surface area contributed by atoms with E-state index in [-0.39, 0.29) is 12.1 Å². The van der Waals surface area contributed by atoms with Gasteiger partial charge in [0.25, 0.3) is 5.92 Å². The molecule has 0 aliphatic heterocycles. The minimum atomic E-state index is -4.70. The van der Waals surface area contributed by atoms with Gasteiger partial charge in [-0.3, -0.25) is 0 Å². The van der Waals surface area contributed by atoms with E-state index in [9.17, 15) is 26.3 Å². The number of halogens is 6. The summed E-state index contributed by atoms with van der Waals surface area (Å²) in [6, 6.07) is 0. The molecule has 1 heterocycles. The highest BCUT2D eigenvalue weighted by molar-refractivity contribution is 5.23. The van der Waals surface area contributed by atoms with E-state index < -0.39 is 41.8 Å². The van der Waals surface area contributed by atoms with Gasteiger partial charge in [-0.05, 0) is 18.5 Å². The van der Waals surface area contributed by atoms with E-state index >= 15 is 0 Å². The van der Waals surface area contributed by atoms with Crippen molar-refractivity contribution in [3.63, 3.8) is 0 Å². The third-order valence-corrected chi connectivity index (χ3v) is 3.93. The number of rotatable bonds is 4. The van der Waals surface area contributed by atoms with Crippen molar-refractivity contribution in [2.24, 2.45) is 11.7 Å². The lowest BCUT2D eigenvalue weighted by Crippen LogP contribution is -2.23. The van der Waals surface area contributed by atoms with Crippen LogP contribution in [0.3, 0.4) is 0 Å². The first kappa shape index (κ1) is 16.0. The summed E-state index contributed by atoms with van der Waals surface area (Å²) in [5.41, 5.74) is 2.84. The molecule has 3 nitrogen and oxygen atoms in total. The standard InChI is InChI=1S/C12H13F6N3/c1-6-10(13,11(6,14)15)2-7(3-19)8-4-20-9(21-5-8)12(16,17)18/h4-7H,2-3,19H2,1H3. The first-order valence-corrected chi connectivity index (χ1v) is 6.20. The van der Waals surface area contributed by atoms with E-state index in [2.05, 4.69) is 9.97 Å². The highest BCUT2D eigenvalue weighted by atomic mass is 19.4. The van der Waals surface area contributed by atoms with Gasteiger partial charge < -0.3 is 5.73 Å². The Morgan fingerprint density at radius 1 is 1.24 bits per heavy atom. The van der Waals surface area contributed by atoms with Crippen molar-refractivity contribution in [2.75, 3.05) is 6.54 Å². The Kier molecular flexibility index (Phi) is 3.67. The summed E-state index contributed by atoms with van der Waals surface area (Å²) in [4.78, 5) is 6.25. The zero-order valence-electron chi connectivity index (χ0n) is 11.0. The molecule has 118 valence electrons. The SMILES string of the molecule is CC1C(F)(F)C1(F)CC(CN)c1cnc(C(F)(F)F)nc1. The molecule has 3 atom stereocenters. The van der Waals surface area contributed by atoms with Crippen molar-refractivity contribution in [1.82, 2.24) is 9.97 Å². The summed E-state index contributed by atoms with van der Waals surface area (Å²) in [5.74, 6) is -7.09. The Morgan fingerprint density at radius 3 is 2.05 bits per heavy atom. The zero-order valence-corrected chi connectivity index (χ0v) is 11.0. The van der Waals surface area contributed by atoms with E-state index in [0.29, 0.717) is 0 Å². The fourth-order valence-corrected chi connectivity index (χ4v) is 2.30. The number of nitrogens with two attached hydrogens (primary N) is 1. The van der Waals surface area contributed by atoms with E-state index in [1.807, 2.05) is 0 Å². The zero-order chi connectivity index (χ0) is 16.1. The Morgan fingerprint density at radius 2 is 1.71 bits per heavy atom. The van der Waals surface area contributed by atoms with Crippen LogP contribution in [0.4, 0.5) is 26.3 Å². The highest BCUT2D eigenvalue weighted by Crippen LogP contribution is 2.64. The van der Waals surface area contributed by atoms with Gasteiger partial charge in [0.15, 0.2) is 5.67 Å². The van der Waals surface area contributed by atoms with Crippen LogP contribution in [-0.2, 0) is 6.18 Å². The summed E-state index contributed by atoms with van der Waals surface area (Å²) in [6.07, 6.45) is -3.58. The van der Waals surface area contributed by atoms with Crippen LogP contribution in [0.15, 0.2) is 12.4 Å². The third-order valence-electron chi connectivity index (χ3n) is 3.93. The Hall–Kier alpha value is -1.38. The number of aromatic nitrogens is 2. The fourth-order valence-electron chi connectivity index (χ4n) is 2.30. The number of nitrogens with zero attached hydrogens (tertiary/aromatic N) is 2. The average Bonchev–Trinajstić information content (AvgIpc) is 2.79. The molecule has 0 saturated heterocycles. The number of alkyl halides is 6. The average molecular weight is 313 g/mol. The van der Waals surface area contributed by atoms with Gasteiger partial charge in [-0.1, -0.05) is 6.92 Å². The Balaban J connectivity index is 2.16. The molecule has 0 aromatic carbocycles. The van der Waals surface area contributed by atoms with Gasteiger partial charge in [-0.2, -0.15) is 13.2 Å². The lowest BCUT2D eigenvalue weighted by Gasteiger charge is -2.17. The van der Waals surface area contributed by atoms with Crippen LogP contribution in [-0.4, -0.2) is 28.1 Å². The molecule has 0 amide bonds. The molecule has 3 unspecified atom stereocenters. The molecule has 1 aromatic heterocycles. The van der Waals surface area contributed by atoms with Crippen molar-refractivity contribution in [1.29, 1.82) is 0 Å². The van der Waals surface area contributed by atoms with Crippen LogP contribution in [0.25, 0.3) is 0 Å². The molecule has 1 aromatic rings. The molecule has 1 aliphatic carbocycles. The second-order valence-electron chi connectivity index (χ2n) is 5.18. The van der Waals surface area contributed by atoms with Crippen LogP contribution in [0.2, 0.25) is 0 Å². The van der Waals surface area contributed by atoms with Crippen molar-refractivity contribution < 1.29 is 26.3 Å². The maximum Gasteiger partial charge on any atom is 0.451 e. The van der Waals surface area contributed by atoms with Crippen LogP contribution < -0.4 is 5.73 Å². The molecule has 1 aliphatic rings. The van der Waals surface area contributed by atoms with Crippen LogP contribution in [0.5, 0.6) is 0 Å². The van der Waals surface area contributed by atoms with E-state index in [1.54, 1.807) is 0 Å². The maximum atomic E-state index is 14.0. The monoisotopic (exact) mass is 313 g/mol. The second-order valence-corrected chi connectivity index (χ2v) is 5.18. The topological polar surface area (TPSA) is 51.8 Å². The maximum absolute atomic E-state index is 14.0. The summed E-state index contributed by atoms with van der Waals surface area (Å²) in [6.45, 7) is 0.889. The lowest BCUT2D eigenvalue weighted by atomic mass is 9.94. The number of hydrogen-bond acceptors (Lipinski definition) is 3. The lowest BCUT2D eigenvalue weighted by molar-refractivity contribution is -0.145. The normalized spacial score (nSPS) is 29.2. The summed E-state index contributed by atoms with van der Waals surface area (Å²) in [5, 5.41) is 0.